The van der Waals surface area contributed by atoms with Crippen molar-refractivity contribution >= 4 is 44.3 Å². The molecule has 0 fully saturated rings. The second-order valence-corrected chi connectivity index (χ2v) is 7.70. The van der Waals surface area contributed by atoms with Crippen LogP contribution in [0.3, 0.4) is 0 Å². The van der Waals surface area contributed by atoms with Gasteiger partial charge in [-0.1, -0.05) is 57.9 Å². The first-order valence-electron chi connectivity index (χ1n) is 9.32. The molecule has 0 saturated heterocycles. The van der Waals surface area contributed by atoms with Gasteiger partial charge in [-0.05, 0) is 43.3 Å². The normalized spacial score (nSPS) is 10.7. The number of halogens is 1. The number of hydrogen-bond acceptors (Lipinski definition) is 4. The van der Waals surface area contributed by atoms with Crippen molar-refractivity contribution in [3.63, 3.8) is 0 Å². The molecular formula is C24H18BrNO4. The minimum absolute atomic E-state index is 0.0945. The molecular weight excluding hydrogens is 446 g/mol. The van der Waals surface area contributed by atoms with E-state index in [9.17, 15) is 9.59 Å². The Labute approximate surface area is 181 Å². The molecule has 1 heterocycles. The van der Waals surface area contributed by atoms with Crippen molar-refractivity contribution in [2.75, 3.05) is 11.9 Å². The molecule has 1 aromatic heterocycles. The Hall–Kier alpha value is -3.38. The Kier molecular flexibility index (Phi) is 5.68. The summed E-state index contributed by atoms with van der Waals surface area (Å²) in [6, 6.07) is 21.6. The van der Waals surface area contributed by atoms with Crippen LogP contribution in [0.4, 0.5) is 5.69 Å². The highest BCUT2D eigenvalue weighted by Gasteiger charge is 2.23. The molecule has 6 heteroatoms. The van der Waals surface area contributed by atoms with Crippen molar-refractivity contribution in [1.29, 1.82) is 0 Å². The summed E-state index contributed by atoms with van der Waals surface area (Å²) in [6.07, 6.45) is 0. The number of para-hydroxylation sites is 1. The number of carbonyl (C=O) groups excluding carboxylic acids is 2. The molecule has 0 aliphatic carbocycles. The molecule has 0 radical (unpaired) electrons. The zero-order valence-corrected chi connectivity index (χ0v) is 17.7. The molecule has 150 valence electrons. The van der Waals surface area contributed by atoms with Crippen molar-refractivity contribution in [3.05, 3.63) is 94.2 Å². The van der Waals surface area contributed by atoms with E-state index in [1.54, 1.807) is 36.4 Å². The van der Waals surface area contributed by atoms with Crippen LogP contribution in [0.15, 0.2) is 81.7 Å². The summed E-state index contributed by atoms with van der Waals surface area (Å²) in [5, 5.41) is 3.45. The molecule has 0 aliphatic heterocycles. The average molecular weight is 464 g/mol. The van der Waals surface area contributed by atoms with E-state index in [1.807, 2.05) is 43.3 Å². The topological polar surface area (TPSA) is 68.5 Å². The molecule has 1 N–H and O–H groups in total. The monoisotopic (exact) mass is 463 g/mol. The average Bonchev–Trinajstić information content (AvgIpc) is 3.12. The van der Waals surface area contributed by atoms with Crippen molar-refractivity contribution < 1.29 is 18.7 Å². The van der Waals surface area contributed by atoms with Gasteiger partial charge < -0.3 is 14.5 Å². The van der Waals surface area contributed by atoms with Crippen LogP contribution in [0.5, 0.6) is 5.75 Å². The number of fused-ring (bicyclic) bond motifs is 1. The number of furan rings is 1. The number of ether oxygens (including phenoxy) is 1. The highest BCUT2D eigenvalue weighted by atomic mass is 79.9. The molecule has 0 aliphatic rings. The third kappa shape index (κ3) is 4.28. The van der Waals surface area contributed by atoms with E-state index in [0.29, 0.717) is 28.0 Å². The number of carbonyl (C=O) groups is 2. The number of benzene rings is 3. The lowest BCUT2D eigenvalue weighted by Gasteiger charge is -2.08. The predicted molar refractivity (Wildman–Crippen MR) is 119 cm³/mol. The van der Waals surface area contributed by atoms with Crippen LogP contribution in [0, 0.1) is 6.92 Å². The summed E-state index contributed by atoms with van der Waals surface area (Å²) in [7, 11) is 0. The Morgan fingerprint density at radius 3 is 2.40 bits per heavy atom. The molecule has 4 aromatic rings. The highest BCUT2D eigenvalue weighted by molar-refractivity contribution is 9.10. The Morgan fingerprint density at radius 2 is 1.67 bits per heavy atom. The van der Waals surface area contributed by atoms with Crippen LogP contribution in [-0.2, 0) is 4.79 Å². The fourth-order valence-electron chi connectivity index (χ4n) is 3.02. The van der Waals surface area contributed by atoms with Gasteiger partial charge in [-0.2, -0.15) is 0 Å². The number of ketones is 1. The minimum atomic E-state index is -0.387. The van der Waals surface area contributed by atoms with Gasteiger partial charge in [0, 0.05) is 15.4 Å². The van der Waals surface area contributed by atoms with E-state index in [0.717, 1.165) is 10.0 Å². The molecule has 4 rings (SSSR count). The second-order valence-electron chi connectivity index (χ2n) is 6.79. The van der Waals surface area contributed by atoms with Gasteiger partial charge in [0.2, 0.25) is 5.78 Å². The van der Waals surface area contributed by atoms with Crippen molar-refractivity contribution in [2.45, 2.75) is 6.92 Å². The first-order chi connectivity index (χ1) is 14.5. The largest absolute Gasteiger partial charge is 0.484 e. The summed E-state index contributed by atoms with van der Waals surface area (Å²) < 4.78 is 12.3. The van der Waals surface area contributed by atoms with Gasteiger partial charge in [-0.3, -0.25) is 9.59 Å². The van der Waals surface area contributed by atoms with E-state index < -0.39 is 0 Å². The van der Waals surface area contributed by atoms with Crippen LogP contribution in [0.25, 0.3) is 11.0 Å². The zero-order chi connectivity index (χ0) is 21.1. The van der Waals surface area contributed by atoms with E-state index in [4.69, 9.17) is 9.15 Å². The van der Waals surface area contributed by atoms with E-state index in [1.165, 1.54) is 0 Å². The molecule has 1 amide bonds. The number of nitrogens with one attached hydrogen (secondary N) is 1. The number of hydrogen-bond donors (Lipinski definition) is 1. The SMILES string of the molecule is Cc1ccc(C(=O)c2oc3ccccc3c2NC(=O)COc2ccc(Br)cc2)cc1. The molecule has 0 spiro atoms. The standard InChI is InChI=1S/C24H18BrNO4/c1-15-6-8-16(9-7-15)23(28)24-22(19-4-2-3-5-20(19)30-24)26-21(27)14-29-18-12-10-17(25)11-13-18/h2-13H,14H2,1H3,(H,26,27). The zero-order valence-electron chi connectivity index (χ0n) is 16.1. The fraction of sp³-hybridized carbons (Fsp3) is 0.0833. The van der Waals surface area contributed by atoms with Gasteiger partial charge in [0.05, 0.1) is 5.69 Å². The van der Waals surface area contributed by atoms with Crippen LogP contribution >= 0.6 is 15.9 Å². The van der Waals surface area contributed by atoms with Crippen LogP contribution in [0.2, 0.25) is 0 Å². The Bertz CT molecular complexity index is 1210. The second kappa shape index (κ2) is 8.55. The first kappa shape index (κ1) is 19.9. The van der Waals surface area contributed by atoms with E-state index >= 15 is 0 Å². The van der Waals surface area contributed by atoms with E-state index in [-0.39, 0.29) is 24.1 Å². The lowest BCUT2D eigenvalue weighted by atomic mass is 10.1. The quantitative estimate of drug-likeness (QED) is 0.369. The third-order valence-electron chi connectivity index (χ3n) is 4.56. The lowest BCUT2D eigenvalue weighted by molar-refractivity contribution is -0.118. The maximum absolute atomic E-state index is 13.1. The number of amides is 1. The molecule has 30 heavy (non-hydrogen) atoms. The molecule has 0 saturated carbocycles. The summed E-state index contributed by atoms with van der Waals surface area (Å²) in [5.41, 5.74) is 2.41. The Morgan fingerprint density at radius 1 is 0.967 bits per heavy atom. The first-order valence-corrected chi connectivity index (χ1v) is 10.1. The van der Waals surface area contributed by atoms with Crippen molar-refractivity contribution in [2.24, 2.45) is 0 Å². The number of aryl methyl sites for hydroxylation is 1. The summed E-state index contributed by atoms with van der Waals surface area (Å²) in [4.78, 5) is 25.6. The number of rotatable bonds is 6. The van der Waals surface area contributed by atoms with Crippen molar-refractivity contribution in [3.8, 4) is 5.75 Å². The van der Waals surface area contributed by atoms with Crippen LogP contribution < -0.4 is 10.1 Å². The molecule has 0 bridgehead atoms. The van der Waals surface area contributed by atoms with Gasteiger partial charge in [-0.15, -0.1) is 0 Å². The van der Waals surface area contributed by atoms with Gasteiger partial charge in [0.25, 0.3) is 5.91 Å². The lowest BCUT2D eigenvalue weighted by Crippen LogP contribution is -2.21. The maximum Gasteiger partial charge on any atom is 0.262 e. The summed E-state index contributed by atoms with van der Waals surface area (Å²) in [6.45, 7) is 1.76. The van der Waals surface area contributed by atoms with Gasteiger partial charge >= 0.3 is 0 Å². The molecule has 3 aromatic carbocycles. The fourth-order valence-corrected chi connectivity index (χ4v) is 3.29. The predicted octanol–water partition coefficient (Wildman–Crippen LogP) is 5.75. The van der Waals surface area contributed by atoms with Gasteiger partial charge in [0.15, 0.2) is 12.4 Å². The summed E-state index contributed by atoms with van der Waals surface area (Å²) in [5.74, 6) is -0.0174. The number of anilines is 1. The molecule has 5 nitrogen and oxygen atoms in total. The third-order valence-corrected chi connectivity index (χ3v) is 5.09. The van der Waals surface area contributed by atoms with Crippen LogP contribution in [0.1, 0.15) is 21.7 Å². The van der Waals surface area contributed by atoms with Gasteiger partial charge in [-0.25, -0.2) is 0 Å². The maximum atomic E-state index is 13.1. The molecule has 0 atom stereocenters. The van der Waals surface area contributed by atoms with Crippen molar-refractivity contribution in [1.82, 2.24) is 0 Å². The highest BCUT2D eigenvalue weighted by Crippen LogP contribution is 2.32. The minimum Gasteiger partial charge on any atom is -0.484 e. The Balaban J connectivity index is 1.59. The van der Waals surface area contributed by atoms with Crippen LogP contribution in [-0.4, -0.2) is 18.3 Å². The van der Waals surface area contributed by atoms with E-state index in [2.05, 4.69) is 21.2 Å². The molecule has 0 unspecified atom stereocenters. The summed E-state index contributed by atoms with van der Waals surface area (Å²) >= 11 is 3.36. The smallest absolute Gasteiger partial charge is 0.262 e. The van der Waals surface area contributed by atoms with Gasteiger partial charge in [0.1, 0.15) is 11.3 Å².